The van der Waals surface area contributed by atoms with Gasteiger partial charge in [0.25, 0.3) is 11.5 Å². The van der Waals surface area contributed by atoms with Gasteiger partial charge in [-0.15, -0.1) is 0 Å². The van der Waals surface area contributed by atoms with Gasteiger partial charge in [-0.2, -0.15) is 5.10 Å². The van der Waals surface area contributed by atoms with Gasteiger partial charge < -0.3 is 14.4 Å². The van der Waals surface area contributed by atoms with Crippen LogP contribution in [0.25, 0.3) is 10.8 Å². The van der Waals surface area contributed by atoms with E-state index in [4.69, 9.17) is 9.47 Å². The lowest BCUT2D eigenvalue weighted by atomic mass is 10.1. The molecule has 2 aromatic carbocycles. The second-order valence-corrected chi connectivity index (χ2v) is 8.19. The summed E-state index contributed by atoms with van der Waals surface area (Å²) < 4.78 is 12.3. The molecule has 2 aliphatic heterocycles. The smallest absolute Gasteiger partial charge is 0.290 e. The van der Waals surface area contributed by atoms with Gasteiger partial charge >= 0.3 is 0 Å². The Morgan fingerprint density at radius 2 is 1.77 bits per heavy atom. The zero-order valence-electron chi connectivity index (χ0n) is 18.9. The standard InChI is InChI=1S/C24H23N5O6/c1-2-29-24(33)17-6-4-3-5-16(17)21(27-29)23(32)26-25-22(31)14-11-20(30)28(13-14)15-7-8-18-19(12-15)35-10-9-34-18/h3-8,12,14H,2,9-11,13H2,1H3,(H,25,31)(H,26,32). The summed E-state index contributed by atoms with van der Waals surface area (Å²) in [6.07, 6.45) is -0.00194. The van der Waals surface area contributed by atoms with Crippen molar-refractivity contribution < 1.29 is 23.9 Å². The second kappa shape index (κ2) is 9.09. The number of benzene rings is 2. The first-order chi connectivity index (χ1) is 17.0. The number of nitrogens with zero attached hydrogens (tertiary/aromatic N) is 3. The molecule has 35 heavy (non-hydrogen) atoms. The van der Waals surface area contributed by atoms with Crippen molar-refractivity contribution in [3.05, 3.63) is 58.5 Å². The zero-order valence-corrected chi connectivity index (χ0v) is 18.9. The maximum atomic E-state index is 12.8. The van der Waals surface area contributed by atoms with E-state index in [-0.39, 0.29) is 36.7 Å². The highest BCUT2D eigenvalue weighted by atomic mass is 16.6. The van der Waals surface area contributed by atoms with Crippen molar-refractivity contribution in [1.29, 1.82) is 0 Å². The van der Waals surface area contributed by atoms with Crippen LogP contribution in [0.1, 0.15) is 23.8 Å². The van der Waals surface area contributed by atoms with Crippen LogP contribution < -0.4 is 30.8 Å². The van der Waals surface area contributed by atoms with Gasteiger partial charge in [0.2, 0.25) is 11.8 Å². The van der Waals surface area contributed by atoms with Crippen molar-refractivity contribution in [2.45, 2.75) is 19.9 Å². The van der Waals surface area contributed by atoms with Crippen molar-refractivity contribution in [3.8, 4) is 11.5 Å². The molecule has 0 saturated carbocycles. The van der Waals surface area contributed by atoms with Crippen LogP contribution in [-0.4, -0.2) is 47.3 Å². The minimum atomic E-state index is -0.662. The van der Waals surface area contributed by atoms with E-state index in [1.165, 1.54) is 9.58 Å². The number of rotatable bonds is 4. The van der Waals surface area contributed by atoms with E-state index in [0.717, 1.165) is 0 Å². The minimum Gasteiger partial charge on any atom is -0.486 e. The van der Waals surface area contributed by atoms with Gasteiger partial charge in [-0.3, -0.25) is 30.0 Å². The van der Waals surface area contributed by atoms with Crippen LogP contribution in [0, 0.1) is 5.92 Å². The first kappa shape index (κ1) is 22.4. The lowest BCUT2D eigenvalue weighted by Gasteiger charge is -2.22. The fraction of sp³-hybridized carbons (Fsp3) is 0.292. The van der Waals surface area contributed by atoms with E-state index in [2.05, 4.69) is 16.0 Å². The number of amides is 3. The highest BCUT2D eigenvalue weighted by molar-refractivity contribution is 6.06. The van der Waals surface area contributed by atoms with E-state index in [1.807, 2.05) is 0 Å². The molecular formula is C24H23N5O6. The average Bonchev–Trinajstić information content (AvgIpc) is 3.28. The third-order valence-corrected chi connectivity index (χ3v) is 6.01. The van der Waals surface area contributed by atoms with Gasteiger partial charge in [-0.05, 0) is 25.1 Å². The molecule has 1 aromatic heterocycles. The SMILES string of the molecule is CCn1nc(C(=O)NNC(=O)C2CC(=O)N(c3ccc4c(c3)OCCO4)C2)c2ccccc2c1=O. The average molecular weight is 477 g/mol. The Morgan fingerprint density at radius 1 is 1.03 bits per heavy atom. The monoisotopic (exact) mass is 477 g/mol. The molecule has 0 aliphatic carbocycles. The summed E-state index contributed by atoms with van der Waals surface area (Å²) in [5, 5.41) is 4.89. The van der Waals surface area contributed by atoms with Crippen molar-refractivity contribution in [1.82, 2.24) is 20.6 Å². The topological polar surface area (TPSA) is 132 Å². The number of aromatic nitrogens is 2. The van der Waals surface area contributed by atoms with E-state index in [1.54, 1.807) is 49.4 Å². The van der Waals surface area contributed by atoms with Crippen molar-refractivity contribution in [2.24, 2.45) is 5.92 Å². The fourth-order valence-electron chi connectivity index (χ4n) is 4.23. The van der Waals surface area contributed by atoms with Crippen LogP contribution in [0.5, 0.6) is 11.5 Å². The Labute approximate surface area is 199 Å². The summed E-state index contributed by atoms with van der Waals surface area (Å²) in [6.45, 7) is 3.08. The molecule has 1 fully saturated rings. The minimum absolute atomic E-state index is 0.00194. The lowest BCUT2D eigenvalue weighted by Crippen LogP contribution is -2.46. The molecule has 2 aliphatic rings. The Kier molecular flexibility index (Phi) is 5.81. The third kappa shape index (κ3) is 4.16. The number of anilines is 1. The zero-order chi connectivity index (χ0) is 24.5. The Morgan fingerprint density at radius 3 is 2.54 bits per heavy atom. The number of hydrogen-bond acceptors (Lipinski definition) is 7. The van der Waals surface area contributed by atoms with Gasteiger partial charge in [0.1, 0.15) is 13.2 Å². The summed E-state index contributed by atoms with van der Waals surface area (Å²) in [5.41, 5.74) is 5.08. The Bertz CT molecular complexity index is 1400. The number of hydrogen-bond donors (Lipinski definition) is 2. The van der Waals surface area contributed by atoms with Crippen LogP contribution >= 0.6 is 0 Å². The second-order valence-electron chi connectivity index (χ2n) is 8.19. The lowest BCUT2D eigenvalue weighted by molar-refractivity contribution is -0.126. The third-order valence-electron chi connectivity index (χ3n) is 6.01. The number of ether oxygens (including phenoxy) is 2. The van der Waals surface area contributed by atoms with Gasteiger partial charge in [-0.1, -0.05) is 18.2 Å². The van der Waals surface area contributed by atoms with Crippen LogP contribution in [0.4, 0.5) is 5.69 Å². The van der Waals surface area contributed by atoms with Crippen LogP contribution in [0.2, 0.25) is 0 Å². The quantitative estimate of drug-likeness (QED) is 0.536. The molecule has 0 bridgehead atoms. The maximum Gasteiger partial charge on any atom is 0.290 e. The molecule has 0 radical (unpaired) electrons. The van der Waals surface area contributed by atoms with Gasteiger partial charge in [0.15, 0.2) is 17.2 Å². The molecule has 3 aromatic rings. The molecule has 1 unspecified atom stereocenters. The summed E-state index contributed by atoms with van der Waals surface area (Å²) in [7, 11) is 0. The molecule has 2 N–H and O–H groups in total. The van der Waals surface area contributed by atoms with E-state index >= 15 is 0 Å². The highest BCUT2D eigenvalue weighted by Gasteiger charge is 2.36. The molecule has 3 amide bonds. The molecule has 3 heterocycles. The number of fused-ring (bicyclic) bond motifs is 2. The number of carbonyl (C=O) groups excluding carboxylic acids is 3. The summed E-state index contributed by atoms with van der Waals surface area (Å²) in [5.74, 6) is -0.875. The maximum absolute atomic E-state index is 12.8. The number of nitrogens with one attached hydrogen (secondary N) is 2. The summed E-state index contributed by atoms with van der Waals surface area (Å²) >= 11 is 0. The van der Waals surface area contributed by atoms with Crippen LogP contribution in [0.3, 0.4) is 0 Å². The molecule has 11 nitrogen and oxygen atoms in total. The molecule has 5 rings (SSSR count). The van der Waals surface area contributed by atoms with Gasteiger partial charge in [-0.25, -0.2) is 4.68 Å². The first-order valence-electron chi connectivity index (χ1n) is 11.3. The molecule has 180 valence electrons. The van der Waals surface area contributed by atoms with Crippen LogP contribution in [-0.2, 0) is 16.1 Å². The van der Waals surface area contributed by atoms with Crippen molar-refractivity contribution >= 4 is 34.2 Å². The van der Waals surface area contributed by atoms with Crippen molar-refractivity contribution in [2.75, 3.05) is 24.7 Å². The normalized spacial score (nSPS) is 16.9. The van der Waals surface area contributed by atoms with Gasteiger partial charge in [0.05, 0.1) is 11.3 Å². The Balaban J connectivity index is 1.27. The molecule has 1 saturated heterocycles. The predicted molar refractivity (Wildman–Crippen MR) is 125 cm³/mol. The molecule has 1 atom stereocenters. The van der Waals surface area contributed by atoms with Gasteiger partial charge in [0, 0.05) is 36.7 Å². The van der Waals surface area contributed by atoms with E-state index < -0.39 is 17.7 Å². The number of aryl methyl sites for hydroxylation is 1. The fourth-order valence-corrected chi connectivity index (χ4v) is 4.23. The molecule has 11 heteroatoms. The largest absolute Gasteiger partial charge is 0.486 e. The number of carbonyl (C=O) groups is 3. The van der Waals surface area contributed by atoms with E-state index in [0.29, 0.717) is 41.2 Å². The summed E-state index contributed by atoms with van der Waals surface area (Å²) in [4.78, 5) is 52.2. The van der Waals surface area contributed by atoms with Crippen LogP contribution in [0.15, 0.2) is 47.3 Å². The van der Waals surface area contributed by atoms with E-state index in [9.17, 15) is 19.2 Å². The predicted octanol–water partition coefficient (Wildman–Crippen LogP) is 1.00. The molecular weight excluding hydrogens is 454 g/mol. The summed E-state index contributed by atoms with van der Waals surface area (Å²) in [6, 6.07) is 11.8. The Hall–Kier alpha value is -4.41. The molecule has 0 spiro atoms. The van der Waals surface area contributed by atoms with Crippen molar-refractivity contribution in [3.63, 3.8) is 0 Å². The number of hydrazine groups is 1. The first-order valence-corrected chi connectivity index (χ1v) is 11.3. The highest BCUT2D eigenvalue weighted by Crippen LogP contribution is 2.36.